The molecule has 0 spiro atoms. The highest BCUT2D eigenvalue weighted by molar-refractivity contribution is 7.89. The van der Waals surface area contributed by atoms with Gasteiger partial charge in [-0.25, -0.2) is 8.42 Å². The first-order valence-corrected chi connectivity index (χ1v) is 13.2. The molecular weight excluding hydrogens is 442 g/mol. The molecule has 0 amide bonds. The molecule has 2 fully saturated rings. The Morgan fingerprint density at radius 3 is 2.36 bits per heavy atom. The number of piperazine rings is 1. The number of sulfonamides is 1. The number of aromatic nitrogens is 2. The molecule has 0 atom stereocenters. The molecule has 0 aliphatic carbocycles. The van der Waals surface area contributed by atoms with E-state index in [-0.39, 0.29) is 0 Å². The van der Waals surface area contributed by atoms with Crippen molar-refractivity contribution in [2.75, 3.05) is 46.1 Å². The summed E-state index contributed by atoms with van der Waals surface area (Å²) in [6.07, 6.45) is 2.97. The van der Waals surface area contributed by atoms with Crippen LogP contribution in [0.5, 0.6) is 11.5 Å². The summed E-state index contributed by atoms with van der Waals surface area (Å²) in [5.74, 6) is 1.64. The van der Waals surface area contributed by atoms with E-state index in [9.17, 15) is 8.42 Å². The molecule has 0 unspecified atom stereocenters. The van der Waals surface area contributed by atoms with E-state index < -0.39 is 10.0 Å². The van der Waals surface area contributed by atoms with Crippen LogP contribution in [0.4, 0.5) is 0 Å². The lowest BCUT2D eigenvalue weighted by molar-refractivity contribution is 0.0978. The third-order valence-electron chi connectivity index (χ3n) is 6.87. The molecule has 3 aliphatic rings. The Labute approximate surface area is 195 Å². The number of ether oxygens (including phenoxy) is 2. The van der Waals surface area contributed by atoms with Gasteiger partial charge in [0.05, 0.1) is 18.1 Å². The lowest BCUT2D eigenvalue weighted by atomic mass is 10.1. The van der Waals surface area contributed by atoms with Gasteiger partial charge in [0.2, 0.25) is 16.8 Å². The zero-order valence-corrected chi connectivity index (χ0v) is 20.3. The second-order valence-corrected chi connectivity index (χ2v) is 11.1. The van der Waals surface area contributed by atoms with E-state index in [1.165, 1.54) is 5.56 Å². The fourth-order valence-corrected chi connectivity index (χ4v) is 6.89. The number of benzene rings is 1. The van der Waals surface area contributed by atoms with E-state index in [4.69, 9.17) is 9.47 Å². The minimum absolute atomic E-state index is 0.296. The Hall–Kier alpha value is -2.14. The van der Waals surface area contributed by atoms with Crippen molar-refractivity contribution in [2.45, 2.75) is 51.2 Å². The molecule has 0 N–H and O–H groups in total. The first-order valence-electron chi connectivity index (χ1n) is 11.8. The van der Waals surface area contributed by atoms with Gasteiger partial charge in [-0.05, 0) is 44.4 Å². The highest BCUT2D eigenvalue weighted by Crippen LogP contribution is 2.33. The van der Waals surface area contributed by atoms with Crippen molar-refractivity contribution >= 4 is 10.0 Å². The maximum Gasteiger partial charge on any atom is 0.246 e. The van der Waals surface area contributed by atoms with Crippen molar-refractivity contribution in [3.05, 3.63) is 35.2 Å². The molecule has 5 rings (SSSR count). The molecule has 0 radical (unpaired) electrons. The van der Waals surface area contributed by atoms with Gasteiger partial charge in [-0.1, -0.05) is 12.5 Å². The molecule has 0 saturated carbocycles. The average Bonchev–Trinajstić information content (AvgIpc) is 3.39. The van der Waals surface area contributed by atoms with Crippen LogP contribution in [0.25, 0.3) is 0 Å². The summed E-state index contributed by atoms with van der Waals surface area (Å²) in [7, 11) is -3.49. The van der Waals surface area contributed by atoms with E-state index in [2.05, 4.69) is 27.0 Å². The Bertz CT molecular complexity index is 1100. The normalized spacial score (nSPS) is 20.4. The summed E-state index contributed by atoms with van der Waals surface area (Å²) in [5, 5.41) is 4.62. The molecule has 33 heavy (non-hydrogen) atoms. The van der Waals surface area contributed by atoms with Crippen LogP contribution < -0.4 is 9.47 Å². The van der Waals surface area contributed by atoms with E-state index in [1.807, 2.05) is 24.6 Å². The van der Waals surface area contributed by atoms with Crippen molar-refractivity contribution < 1.29 is 17.9 Å². The SMILES string of the molecule is Cc1nn(CN2CCN(Cc3ccc4c(c3)OCO4)CC2)c(C)c1S(=O)(=O)N1CCCCC1. The standard InChI is InChI=1S/C23H33N5O4S/c1-18-23(33(29,30)27-8-4-3-5-9-27)19(2)28(24-18)16-26-12-10-25(11-13-26)15-20-6-7-21-22(14-20)32-17-31-21/h6-7,14H,3-5,8-13,15-17H2,1-2H3. The number of hydrogen-bond donors (Lipinski definition) is 0. The largest absolute Gasteiger partial charge is 0.454 e. The lowest BCUT2D eigenvalue weighted by Crippen LogP contribution is -2.46. The molecule has 3 aliphatic heterocycles. The van der Waals surface area contributed by atoms with Crippen LogP contribution >= 0.6 is 0 Å². The predicted octanol–water partition coefficient (Wildman–Crippen LogP) is 2.18. The lowest BCUT2D eigenvalue weighted by Gasteiger charge is -2.34. The van der Waals surface area contributed by atoms with Gasteiger partial charge in [0, 0.05) is 45.8 Å². The Balaban J connectivity index is 1.20. The van der Waals surface area contributed by atoms with Crippen molar-refractivity contribution in [1.29, 1.82) is 0 Å². The van der Waals surface area contributed by atoms with Crippen LogP contribution in [-0.4, -0.2) is 78.4 Å². The zero-order valence-electron chi connectivity index (χ0n) is 19.5. The summed E-state index contributed by atoms with van der Waals surface area (Å²) in [4.78, 5) is 5.17. The second-order valence-electron chi connectivity index (χ2n) is 9.19. The minimum Gasteiger partial charge on any atom is -0.454 e. The monoisotopic (exact) mass is 475 g/mol. The van der Waals surface area contributed by atoms with Crippen LogP contribution in [0.15, 0.2) is 23.1 Å². The fraction of sp³-hybridized carbons (Fsp3) is 0.609. The molecule has 0 bridgehead atoms. The van der Waals surface area contributed by atoms with Crippen LogP contribution in [0, 0.1) is 13.8 Å². The number of aryl methyl sites for hydroxylation is 1. The van der Waals surface area contributed by atoms with Crippen LogP contribution in [0.1, 0.15) is 36.2 Å². The van der Waals surface area contributed by atoms with Gasteiger partial charge in [0.1, 0.15) is 4.90 Å². The van der Waals surface area contributed by atoms with Gasteiger partial charge in [0.25, 0.3) is 0 Å². The summed E-state index contributed by atoms with van der Waals surface area (Å²) < 4.78 is 40.9. The molecule has 2 aromatic rings. The van der Waals surface area contributed by atoms with E-state index >= 15 is 0 Å². The second kappa shape index (κ2) is 9.25. The highest BCUT2D eigenvalue weighted by atomic mass is 32.2. The van der Waals surface area contributed by atoms with Crippen molar-refractivity contribution in [1.82, 2.24) is 23.9 Å². The third-order valence-corrected chi connectivity index (χ3v) is 9.02. The summed E-state index contributed by atoms with van der Waals surface area (Å²) in [5.41, 5.74) is 2.55. The number of rotatable bonds is 6. The molecule has 4 heterocycles. The maximum absolute atomic E-state index is 13.3. The summed E-state index contributed by atoms with van der Waals surface area (Å²) in [6, 6.07) is 6.14. The number of piperidine rings is 1. The van der Waals surface area contributed by atoms with Crippen LogP contribution in [0.2, 0.25) is 0 Å². The van der Waals surface area contributed by atoms with Gasteiger partial charge < -0.3 is 9.47 Å². The zero-order chi connectivity index (χ0) is 23.0. The van der Waals surface area contributed by atoms with E-state index in [0.717, 1.165) is 69.2 Å². The number of fused-ring (bicyclic) bond motifs is 1. The first-order chi connectivity index (χ1) is 15.9. The quantitative estimate of drug-likeness (QED) is 0.634. The van der Waals surface area contributed by atoms with Gasteiger partial charge in [-0.3, -0.25) is 14.5 Å². The summed E-state index contributed by atoms with van der Waals surface area (Å²) >= 11 is 0. The Morgan fingerprint density at radius 2 is 1.61 bits per heavy atom. The fourth-order valence-electron chi connectivity index (χ4n) is 5.00. The average molecular weight is 476 g/mol. The Kier molecular flexibility index (Phi) is 6.34. The van der Waals surface area contributed by atoms with Gasteiger partial charge in [0.15, 0.2) is 11.5 Å². The van der Waals surface area contributed by atoms with Gasteiger partial charge in [-0.15, -0.1) is 0 Å². The minimum atomic E-state index is -3.49. The molecule has 10 heteroatoms. The van der Waals surface area contributed by atoms with Crippen molar-refractivity contribution in [2.24, 2.45) is 0 Å². The first kappa shape index (κ1) is 22.6. The molecule has 2 saturated heterocycles. The number of nitrogens with zero attached hydrogens (tertiary/aromatic N) is 5. The third kappa shape index (κ3) is 4.62. The smallest absolute Gasteiger partial charge is 0.246 e. The van der Waals surface area contributed by atoms with E-state index in [0.29, 0.717) is 37.1 Å². The molecular formula is C23H33N5O4S. The van der Waals surface area contributed by atoms with Crippen molar-refractivity contribution in [3.8, 4) is 11.5 Å². The highest BCUT2D eigenvalue weighted by Gasteiger charge is 2.32. The van der Waals surface area contributed by atoms with Gasteiger partial charge >= 0.3 is 0 Å². The molecule has 1 aromatic carbocycles. The molecule has 180 valence electrons. The van der Waals surface area contributed by atoms with Crippen LogP contribution in [-0.2, 0) is 23.2 Å². The Morgan fingerprint density at radius 1 is 0.909 bits per heavy atom. The molecule has 9 nitrogen and oxygen atoms in total. The maximum atomic E-state index is 13.3. The topological polar surface area (TPSA) is 80.1 Å². The van der Waals surface area contributed by atoms with Crippen molar-refractivity contribution in [3.63, 3.8) is 0 Å². The van der Waals surface area contributed by atoms with Gasteiger partial charge in [-0.2, -0.15) is 9.40 Å². The predicted molar refractivity (Wildman–Crippen MR) is 124 cm³/mol. The van der Waals surface area contributed by atoms with E-state index in [1.54, 1.807) is 4.31 Å². The molecule has 1 aromatic heterocycles. The summed E-state index contributed by atoms with van der Waals surface area (Å²) in [6.45, 7) is 10.4. The number of hydrogen-bond acceptors (Lipinski definition) is 7. The van der Waals surface area contributed by atoms with Crippen LogP contribution in [0.3, 0.4) is 0 Å².